The van der Waals surface area contributed by atoms with Gasteiger partial charge in [0.1, 0.15) is 6.61 Å². The minimum Gasteiger partial charge on any atom is -0.493 e. The van der Waals surface area contributed by atoms with Gasteiger partial charge >= 0.3 is 58.4 Å². The Balaban J connectivity index is 0.00000256. The Hall–Kier alpha value is 0.251. The summed E-state index contributed by atoms with van der Waals surface area (Å²) >= 11 is 0. The molecule has 0 atom stereocenters. The molecule has 0 aliphatic heterocycles. The second-order valence-corrected chi connectivity index (χ2v) is 3.71. The van der Waals surface area contributed by atoms with Crippen LogP contribution in [0.25, 0.3) is 0 Å². The van der Waals surface area contributed by atoms with Crippen molar-refractivity contribution in [2.75, 3.05) is 6.61 Å². The van der Waals surface area contributed by atoms with E-state index in [1.807, 2.05) is 13.8 Å². The number of benzene rings is 1. The van der Waals surface area contributed by atoms with Crippen LogP contribution in [0.4, 0.5) is 12.9 Å². The van der Waals surface area contributed by atoms with Gasteiger partial charge in [-0.2, -0.15) is 0 Å². The first-order valence-electron chi connectivity index (χ1n) is 4.96. The number of halogens is 3. The summed E-state index contributed by atoms with van der Waals surface area (Å²) in [7, 11) is 0. The molecule has 0 N–H and O–H groups in total. The largest absolute Gasteiger partial charge is 1.00 e. The van der Waals surface area contributed by atoms with Crippen LogP contribution in [0.5, 0.6) is 5.75 Å². The molecule has 1 aromatic rings. The Morgan fingerprint density at radius 3 is 2.35 bits per heavy atom. The average molecular weight is 268 g/mol. The van der Waals surface area contributed by atoms with Crippen LogP contribution in [0, 0.1) is 0 Å². The molecule has 1 aromatic carbocycles. The van der Waals surface area contributed by atoms with Gasteiger partial charge in [0, 0.05) is 0 Å². The molecule has 0 aromatic heterocycles. The first-order valence-corrected chi connectivity index (χ1v) is 4.96. The molecule has 1 nitrogen and oxygen atoms in total. The van der Waals surface area contributed by atoms with Gasteiger partial charge in [-0.3, -0.25) is 0 Å². The molecular weight excluding hydrogens is 255 g/mol. The maximum atomic E-state index is 12.6. The summed E-state index contributed by atoms with van der Waals surface area (Å²) in [5.74, 6) is -0.104. The number of para-hydroxylation sites is 1. The Kier molecular flexibility index (Phi) is 7.75. The first-order chi connectivity index (χ1) is 7.41. The van der Waals surface area contributed by atoms with Crippen molar-refractivity contribution < 1.29 is 69.1 Å². The number of rotatable bonds is 4. The van der Waals surface area contributed by atoms with Gasteiger partial charge in [-0.15, -0.1) is 0 Å². The van der Waals surface area contributed by atoms with Gasteiger partial charge in [0.2, 0.25) is 0 Å². The zero-order valence-corrected chi connectivity index (χ0v) is 13.3. The van der Waals surface area contributed by atoms with E-state index in [9.17, 15) is 12.9 Å². The molecule has 0 unspecified atom stereocenters. The summed E-state index contributed by atoms with van der Waals surface area (Å²) in [6, 6.07) is 5.27. The molecule has 0 spiro atoms. The molecule has 0 saturated carbocycles. The van der Waals surface area contributed by atoms with E-state index in [0.29, 0.717) is 0 Å². The van der Waals surface area contributed by atoms with Gasteiger partial charge in [-0.25, -0.2) is 0 Å². The van der Waals surface area contributed by atoms with Crippen molar-refractivity contribution in [3.05, 3.63) is 35.9 Å². The molecule has 0 fully saturated rings. The van der Waals surface area contributed by atoms with E-state index < -0.39 is 12.4 Å². The zero-order valence-electron chi connectivity index (χ0n) is 10.2. The van der Waals surface area contributed by atoms with Crippen molar-refractivity contribution in [2.45, 2.75) is 13.8 Å². The molecule has 0 amide bonds. The minimum absolute atomic E-state index is 0. The molecule has 0 aliphatic rings. The summed E-state index contributed by atoms with van der Waals surface area (Å²) in [6.07, 6.45) is 1.74. The van der Waals surface area contributed by atoms with Gasteiger partial charge in [0.15, 0.2) is 0 Å². The predicted molar refractivity (Wildman–Crippen MR) is 60.1 cm³/mol. The van der Waals surface area contributed by atoms with Gasteiger partial charge in [-0.05, 0) is 26.0 Å². The number of ether oxygens (including phenoxy) is 1. The van der Waals surface area contributed by atoms with E-state index in [0.717, 1.165) is 11.6 Å². The molecule has 0 aliphatic carbocycles. The topological polar surface area (TPSA) is 9.23 Å². The van der Waals surface area contributed by atoms with Crippen LogP contribution >= 0.6 is 0 Å². The fourth-order valence-corrected chi connectivity index (χ4v) is 1.18. The Morgan fingerprint density at radius 2 is 1.82 bits per heavy atom. The number of hydrogen-bond acceptors (Lipinski definition) is 1. The standard InChI is InChI=1S/C11H13BF3O.K/c1-9(2)7-8-16-11-6-4-3-5-10(11)12(13,14)15;/h3-7H,8H2,1-2H3;/q-1;+1. The fourth-order valence-electron chi connectivity index (χ4n) is 1.18. The second-order valence-electron chi connectivity index (χ2n) is 3.71. The SMILES string of the molecule is CC(C)=CCOc1ccccc1[B-](F)(F)F.[K+]. The van der Waals surface area contributed by atoms with Crippen molar-refractivity contribution in [3.63, 3.8) is 0 Å². The molecule has 88 valence electrons. The number of allylic oxidation sites excluding steroid dienone is 1. The maximum Gasteiger partial charge on any atom is 1.00 e. The van der Waals surface area contributed by atoms with Gasteiger partial charge in [0.25, 0.3) is 0 Å². The molecule has 1 rings (SSSR count). The van der Waals surface area contributed by atoms with Crippen LogP contribution < -0.4 is 61.6 Å². The van der Waals surface area contributed by atoms with Gasteiger partial charge in [-0.1, -0.05) is 29.2 Å². The minimum atomic E-state index is -5.02. The molecular formula is C11H13BF3KO. The quantitative estimate of drug-likeness (QED) is 0.555. The van der Waals surface area contributed by atoms with Crippen molar-refractivity contribution in [1.82, 2.24) is 0 Å². The maximum absolute atomic E-state index is 12.6. The van der Waals surface area contributed by atoms with E-state index in [4.69, 9.17) is 4.74 Å². The predicted octanol–water partition coefficient (Wildman–Crippen LogP) is 0.0900. The Morgan fingerprint density at radius 1 is 1.24 bits per heavy atom. The van der Waals surface area contributed by atoms with Crippen molar-refractivity contribution in [3.8, 4) is 5.75 Å². The summed E-state index contributed by atoms with van der Waals surface area (Å²) in [4.78, 5) is 0. The molecule has 17 heavy (non-hydrogen) atoms. The van der Waals surface area contributed by atoms with E-state index in [1.54, 1.807) is 6.08 Å². The molecule has 0 radical (unpaired) electrons. The van der Waals surface area contributed by atoms with Crippen LogP contribution in [0.15, 0.2) is 35.9 Å². The van der Waals surface area contributed by atoms with Crippen LogP contribution in [-0.2, 0) is 0 Å². The monoisotopic (exact) mass is 268 g/mol. The van der Waals surface area contributed by atoms with Gasteiger partial charge in [0.05, 0.1) is 5.75 Å². The summed E-state index contributed by atoms with van der Waals surface area (Å²) in [5, 5.41) is 0. The van der Waals surface area contributed by atoms with Crippen molar-refractivity contribution >= 4 is 12.4 Å². The van der Waals surface area contributed by atoms with E-state index in [-0.39, 0.29) is 63.7 Å². The van der Waals surface area contributed by atoms with Crippen LogP contribution in [0.1, 0.15) is 13.8 Å². The summed E-state index contributed by atoms with van der Waals surface area (Å²) < 4.78 is 42.9. The van der Waals surface area contributed by atoms with E-state index >= 15 is 0 Å². The third kappa shape index (κ3) is 6.11. The van der Waals surface area contributed by atoms with Crippen molar-refractivity contribution in [1.29, 1.82) is 0 Å². The van der Waals surface area contributed by atoms with E-state index in [2.05, 4.69) is 0 Å². The Bertz CT molecular complexity index is 387. The second kappa shape index (κ2) is 7.63. The average Bonchev–Trinajstić information content (AvgIpc) is 2.16. The fraction of sp³-hybridized carbons (Fsp3) is 0.273. The Labute approximate surface area is 142 Å². The zero-order chi connectivity index (χ0) is 12.2. The third-order valence-corrected chi connectivity index (χ3v) is 2.00. The smallest absolute Gasteiger partial charge is 0.493 e. The van der Waals surface area contributed by atoms with E-state index in [1.165, 1.54) is 18.2 Å². The first kappa shape index (κ1) is 17.3. The summed E-state index contributed by atoms with van der Waals surface area (Å²) in [6.45, 7) is -1.13. The molecule has 6 heteroatoms. The van der Waals surface area contributed by atoms with Crippen molar-refractivity contribution in [2.24, 2.45) is 0 Å². The third-order valence-electron chi connectivity index (χ3n) is 2.00. The molecule has 0 heterocycles. The van der Waals surface area contributed by atoms with Crippen LogP contribution in [0.3, 0.4) is 0 Å². The summed E-state index contributed by atoms with van der Waals surface area (Å²) in [5.41, 5.74) is 0.333. The van der Waals surface area contributed by atoms with Crippen LogP contribution in [-0.4, -0.2) is 13.6 Å². The molecule has 0 saturated heterocycles. The number of hydrogen-bond donors (Lipinski definition) is 0. The van der Waals surface area contributed by atoms with Gasteiger partial charge < -0.3 is 17.7 Å². The van der Waals surface area contributed by atoms with Crippen LogP contribution in [0.2, 0.25) is 0 Å². The normalized spacial score (nSPS) is 10.4. The molecule has 0 bridgehead atoms.